The fraction of sp³-hybridized carbons (Fsp3) is 0.452. The van der Waals surface area contributed by atoms with Crippen LogP contribution in [0.1, 0.15) is 50.2 Å². The molecule has 1 saturated carbocycles. The van der Waals surface area contributed by atoms with Gasteiger partial charge in [-0.1, -0.05) is 31.3 Å². The summed E-state index contributed by atoms with van der Waals surface area (Å²) >= 11 is 0. The Balaban J connectivity index is 1.60. The van der Waals surface area contributed by atoms with Crippen LogP contribution in [0.15, 0.2) is 42.6 Å². The van der Waals surface area contributed by atoms with Crippen LogP contribution in [0.5, 0.6) is 0 Å². The number of likely N-dealkylation sites (N-methyl/N-ethyl adjacent to an activating group) is 2. The highest BCUT2D eigenvalue weighted by molar-refractivity contribution is 5.91. The second-order valence-electron chi connectivity index (χ2n) is 10.5. The SMILES string of the molecule is CCCNc1nc(Nc2ccc(C#N)cc2)ncc1C#C[C@@H]1CCC[C@H](NC(=O)CN(C)C(=O)C=CCN(C)C)C1. The second kappa shape index (κ2) is 16.0. The number of anilines is 3. The molecular formula is C31H40N8O2. The van der Waals surface area contributed by atoms with Gasteiger partial charge in [0.1, 0.15) is 5.82 Å². The van der Waals surface area contributed by atoms with Crippen molar-refractivity contribution in [2.75, 3.05) is 51.4 Å². The molecule has 0 aliphatic heterocycles. The molecule has 1 heterocycles. The van der Waals surface area contributed by atoms with E-state index in [0.29, 0.717) is 23.9 Å². The molecule has 10 heteroatoms. The monoisotopic (exact) mass is 556 g/mol. The molecule has 0 saturated heterocycles. The average Bonchev–Trinajstić information content (AvgIpc) is 2.95. The predicted octanol–water partition coefficient (Wildman–Crippen LogP) is 3.52. The summed E-state index contributed by atoms with van der Waals surface area (Å²) in [4.78, 5) is 37.3. The van der Waals surface area contributed by atoms with E-state index >= 15 is 0 Å². The fourth-order valence-electron chi connectivity index (χ4n) is 4.36. The quantitative estimate of drug-likeness (QED) is 0.284. The van der Waals surface area contributed by atoms with Crippen molar-refractivity contribution in [3.63, 3.8) is 0 Å². The number of nitriles is 1. The van der Waals surface area contributed by atoms with Gasteiger partial charge in [-0.2, -0.15) is 10.2 Å². The second-order valence-corrected chi connectivity index (χ2v) is 10.5. The molecule has 1 aliphatic carbocycles. The minimum Gasteiger partial charge on any atom is -0.369 e. The summed E-state index contributed by atoms with van der Waals surface area (Å²) in [7, 11) is 5.49. The molecule has 1 aromatic heterocycles. The number of carbonyl (C=O) groups is 2. The molecule has 2 amide bonds. The third-order valence-electron chi connectivity index (χ3n) is 6.54. The summed E-state index contributed by atoms with van der Waals surface area (Å²) in [5.41, 5.74) is 2.09. The third kappa shape index (κ3) is 10.6. The maximum Gasteiger partial charge on any atom is 0.246 e. The number of amides is 2. The standard InChI is InChI=1S/C31H40N8O2/c1-5-17-33-30-25(21-34-31(37-30)36-26-15-12-24(20-32)13-16-26)14-11-23-8-6-9-27(19-23)35-28(40)22-39(4)29(41)10-7-18-38(2)3/h7,10,12-13,15-16,21,23,27H,5-6,8-9,17-19,22H2,1-4H3,(H,35,40)(H2,33,34,36,37)/t23-,27-/m0/s1. The lowest BCUT2D eigenvalue weighted by Gasteiger charge is -2.27. The van der Waals surface area contributed by atoms with Crippen molar-refractivity contribution < 1.29 is 9.59 Å². The predicted molar refractivity (Wildman–Crippen MR) is 161 cm³/mol. The van der Waals surface area contributed by atoms with E-state index in [1.54, 1.807) is 31.5 Å². The van der Waals surface area contributed by atoms with Gasteiger partial charge in [-0.15, -0.1) is 0 Å². The van der Waals surface area contributed by atoms with Gasteiger partial charge in [-0.05, 0) is 64.0 Å². The zero-order valence-corrected chi connectivity index (χ0v) is 24.4. The van der Waals surface area contributed by atoms with Gasteiger partial charge in [-0.3, -0.25) is 9.59 Å². The summed E-state index contributed by atoms with van der Waals surface area (Å²) in [5.74, 6) is 7.54. The average molecular weight is 557 g/mol. The van der Waals surface area contributed by atoms with Crippen LogP contribution in [0, 0.1) is 29.1 Å². The van der Waals surface area contributed by atoms with Gasteiger partial charge in [0.2, 0.25) is 17.8 Å². The maximum atomic E-state index is 12.6. The van der Waals surface area contributed by atoms with Gasteiger partial charge in [-0.25, -0.2) is 4.98 Å². The Morgan fingerprint density at radius 3 is 2.66 bits per heavy atom. The molecule has 0 spiro atoms. The van der Waals surface area contributed by atoms with E-state index in [1.807, 2.05) is 31.1 Å². The Bertz CT molecular complexity index is 1300. The van der Waals surface area contributed by atoms with Crippen LogP contribution < -0.4 is 16.0 Å². The van der Waals surface area contributed by atoms with Crippen molar-refractivity contribution in [1.82, 2.24) is 25.1 Å². The smallest absolute Gasteiger partial charge is 0.246 e. The molecule has 0 radical (unpaired) electrons. The van der Waals surface area contributed by atoms with Gasteiger partial charge in [0, 0.05) is 43.9 Å². The summed E-state index contributed by atoms with van der Waals surface area (Å²) in [6, 6.07) is 9.23. The van der Waals surface area contributed by atoms with E-state index < -0.39 is 0 Å². The van der Waals surface area contributed by atoms with Gasteiger partial charge >= 0.3 is 0 Å². The Morgan fingerprint density at radius 1 is 1.17 bits per heavy atom. The molecule has 3 N–H and O–H groups in total. The third-order valence-corrected chi connectivity index (χ3v) is 6.54. The van der Waals surface area contributed by atoms with Gasteiger partial charge < -0.3 is 25.8 Å². The Morgan fingerprint density at radius 2 is 1.95 bits per heavy atom. The van der Waals surface area contributed by atoms with Crippen molar-refractivity contribution in [3.8, 4) is 17.9 Å². The molecule has 1 aliphatic rings. The number of hydrogen-bond donors (Lipinski definition) is 3. The highest BCUT2D eigenvalue weighted by Gasteiger charge is 2.23. The Hall–Kier alpha value is -4.41. The summed E-state index contributed by atoms with van der Waals surface area (Å²) in [5, 5.41) is 18.6. The molecule has 1 fully saturated rings. The normalized spacial score (nSPS) is 16.4. The summed E-state index contributed by atoms with van der Waals surface area (Å²) in [6.45, 7) is 3.52. The zero-order chi connectivity index (χ0) is 29.6. The minimum absolute atomic E-state index is 0.0185. The molecular weight excluding hydrogens is 516 g/mol. The molecule has 0 unspecified atom stereocenters. The van der Waals surface area contributed by atoms with Crippen molar-refractivity contribution in [1.29, 1.82) is 5.26 Å². The molecule has 41 heavy (non-hydrogen) atoms. The van der Waals surface area contributed by atoms with Gasteiger partial charge in [0.25, 0.3) is 0 Å². The first-order chi connectivity index (χ1) is 19.8. The molecule has 3 rings (SSSR count). The molecule has 0 bridgehead atoms. The van der Waals surface area contributed by atoms with Crippen LogP contribution in [0.25, 0.3) is 0 Å². The number of carbonyl (C=O) groups excluding carboxylic acids is 2. The molecule has 10 nitrogen and oxygen atoms in total. The van der Waals surface area contributed by atoms with E-state index in [1.165, 1.54) is 11.0 Å². The highest BCUT2D eigenvalue weighted by Crippen LogP contribution is 2.24. The molecule has 216 valence electrons. The Kier molecular flexibility index (Phi) is 12.1. The molecule has 1 aromatic carbocycles. The van der Waals surface area contributed by atoms with E-state index in [-0.39, 0.29) is 30.3 Å². The van der Waals surface area contributed by atoms with Crippen LogP contribution in [0.3, 0.4) is 0 Å². The number of nitrogens with one attached hydrogen (secondary N) is 3. The lowest BCUT2D eigenvalue weighted by Crippen LogP contribution is -2.44. The number of benzene rings is 1. The highest BCUT2D eigenvalue weighted by atomic mass is 16.2. The molecule has 2 atom stereocenters. The lowest BCUT2D eigenvalue weighted by atomic mass is 9.86. The zero-order valence-electron chi connectivity index (χ0n) is 24.4. The number of hydrogen-bond acceptors (Lipinski definition) is 8. The van der Waals surface area contributed by atoms with Crippen LogP contribution in [-0.2, 0) is 9.59 Å². The number of aromatic nitrogens is 2. The first-order valence-corrected chi connectivity index (χ1v) is 14.0. The summed E-state index contributed by atoms with van der Waals surface area (Å²) in [6.07, 6.45) is 9.53. The topological polar surface area (TPSA) is 126 Å². The van der Waals surface area contributed by atoms with Crippen LogP contribution in [-0.4, -0.2) is 78.4 Å². The lowest BCUT2D eigenvalue weighted by molar-refractivity contribution is -0.131. The first kappa shape index (κ1) is 31.1. The van der Waals surface area contributed by atoms with E-state index in [2.05, 4.69) is 50.8 Å². The van der Waals surface area contributed by atoms with Crippen molar-refractivity contribution >= 4 is 29.3 Å². The van der Waals surface area contributed by atoms with Crippen molar-refractivity contribution in [2.45, 2.75) is 45.1 Å². The van der Waals surface area contributed by atoms with Crippen LogP contribution >= 0.6 is 0 Å². The number of nitrogens with zero attached hydrogens (tertiary/aromatic N) is 5. The largest absolute Gasteiger partial charge is 0.369 e. The summed E-state index contributed by atoms with van der Waals surface area (Å²) < 4.78 is 0. The Labute approximate surface area is 243 Å². The fourth-order valence-corrected chi connectivity index (χ4v) is 4.36. The van der Waals surface area contributed by atoms with Crippen molar-refractivity contribution in [3.05, 3.63) is 53.7 Å². The van der Waals surface area contributed by atoms with Crippen LogP contribution in [0.4, 0.5) is 17.5 Å². The number of rotatable bonds is 11. The van der Waals surface area contributed by atoms with E-state index in [9.17, 15) is 9.59 Å². The van der Waals surface area contributed by atoms with Gasteiger partial charge in [0.15, 0.2) is 0 Å². The van der Waals surface area contributed by atoms with E-state index in [0.717, 1.165) is 49.9 Å². The van der Waals surface area contributed by atoms with Crippen molar-refractivity contribution in [2.24, 2.45) is 5.92 Å². The first-order valence-electron chi connectivity index (χ1n) is 14.0. The van der Waals surface area contributed by atoms with E-state index in [4.69, 9.17) is 5.26 Å². The van der Waals surface area contributed by atoms with Crippen LogP contribution in [0.2, 0.25) is 0 Å². The maximum absolute atomic E-state index is 12.6. The van der Waals surface area contributed by atoms with Gasteiger partial charge in [0.05, 0.1) is 29.9 Å². The molecule has 2 aromatic rings. The minimum atomic E-state index is -0.192.